The zero-order chi connectivity index (χ0) is 20.1. The van der Waals surface area contributed by atoms with Crippen molar-refractivity contribution in [1.82, 2.24) is 25.1 Å². The van der Waals surface area contributed by atoms with E-state index < -0.39 is 5.97 Å². The number of aryl methyl sites for hydroxylation is 1. The Labute approximate surface area is 167 Å². The Balaban J connectivity index is 1.43. The molecule has 0 unspecified atom stereocenters. The zero-order valence-electron chi connectivity index (χ0n) is 15.7. The fraction of sp³-hybridized carbons (Fsp3) is 0.0952. The highest BCUT2D eigenvalue weighted by molar-refractivity contribution is 5.87. The van der Waals surface area contributed by atoms with Crippen molar-refractivity contribution in [3.8, 4) is 11.4 Å². The van der Waals surface area contributed by atoms with Crippen LogP contribution in [0.15, 0.2) is 67.0 Å². The van der Waals surface area contributed by atoms with E-state index in [1.54, 1.807) is 30.6 Å². The number of nitrogens with one attached hydrogen (secondary N) is 2. The number of aromatic nitrogens is 5. The van der Waals surface area contributed by atoms with Gasteiger partial charge in [-0.1, -0.05) is 30.3 Å². The van der Waals surface area contributed by atoms with Crippen molar-refractivity contribution in [3.63, 3.8) is 0 Å². The number of carbonyl (C=O) groups is 1. The summed E-state index contributed by atoms with van der Waals surface area (Å²) >= 11 is 0. The van der Waals surface area contributed by atoms with Crippen LogP contribution in [-0.2, 0) is 11.3 Å². The van der Waals surface area contributed by atoms with E-state index in [1.807, 2.05) is 43.3 Å². The van der Waals surface area contributed by atoms with Crippen LogP contribution in [0, 0.1) is 6.92 Å². The normalized spacial score (nSPS) is 10.5. The first-order chi connectivity index (χ1) is 14.2. The quantitative estimate of drug-likeness (QED) is 0.487. The lowest BCUT2D eigenvalue weighted by Gasteiger charge is -2.06. The summed E-state index contributed by atoms with van der Waals surface area (Å²) in [6.07, 6.45) is 3.20. The molecule has 8 heteroatoms. The molecule has 0 saturated carbocycles. The molecule has 1 aromatic carbocycles. The van der Waals surface area contributed by atoms with E-state index in [4.69, 9.17) is 4.74 Å². The first-order valence-corrected chi connectivity index (χ1v) is 8.97. The van der Waals surface area contributed by atoms with E-state index in [1.165, 1.54) is 0 Å². The fourth-order valence-corrected chi connectivity index (χ4v) is 2.62. The number of anilines is 2. The molecule has 3 aromatic heterocycles. The summed E-state index contributed by atoms with van der Waals surface area (Å²) < 4.78 is 5.29. The molecular formula is C21H18N6O2. The molecule has 0 spiro atoms. The van der Waals surface area contributed by atoms with Crippen LogP contribution >= 0.6 is 0 Å². The van der Waals surface area contributed by atoms with E-state index in [-0.39, 0.29) is 12.3 Å². The Kier molecular flexibility index (Phi) is 5.24. The van der Waals surface area contributed by atoms with Crippen molar-refractivity contribution in [2.24, 2.45) is 0 Å². The number of rotatable bonds is 6. The SMILES string of the molecule is Cc1cc(Nc2ccnc(-c3ccc(C(=O)OCc4ccccc4)nc3)n2)n[nH]1. The molecular weight excluding hydrogens is 368 g/mol. The second kappa shape index (κ2) is 8.30. The number of ether oxygens (including phenoxy) is 1. The van der Waals surface area contributed by atoms with Crippen LogP contribution in [0.1, 0.15) is 21.7 Å². The zero-order valence-corrected chi connectivity index (χ0v) is 15.7. The Morgan fingerprint density at radius 3 is 2.66 bits per heavy atom. The summed E-state index contributed by atoms with van der Waals surface area (Å²) in [6.45, 7) is 2.12. The van der Waals surface area contributed by atoms with Crippen LogP contribution in [0.4, 0.5) is 11.6 Å². The molecule has 144 valence electrons. The number of nitrogens with zero attached hydrogens (tertiary/aromatic N) is 4. The van der Waals surface area contributed by atoms with E-state index in [2.05, 4.69) is 30.5 Å². The van der Waals surface area contributed by atoms with Crippen LogP contribution in [0.2, 0.25) is 0 Å². The highest BCUT2D eigenvalue weighted by atomic mass is 16.5. The van der Waals surface area contributed by atoms with Gasteiger partial charge in [-0.15, -0.1) is 0 Å². The lowest BCUT2D eigenvalue weighted by atomic mass is 10.2. The predicted octanol–water partition coefficient (Wildman–Crippen LogP) is 3.67. The maximum Gasteiger partial charge on any atom is 0.357 e. The van der Waals surface area contributed by atoms with Gasteiger partial charge in [0.25, 0.3) is 0 Å². The molecule has 8 nitrogen and oxygen atoms in total. The highest BCUT2D eigenvalue weighted by Gasteiger charge is 2.11. The van der Waals surface area contributed by atoms with Crippen LogP contribution in [-0.4, -0.2) is 31.1 Å². The second-order valence-electron chi connectivity index (χ2n) is 6.32. The molecule has 0 radical (unpaired) electrons. The smallest absolute Gasteiger partial charge is 0.357 e. The van der Waals surface area contributed by atoms with E-state index in [0.717, 1.165) is 11.3 Å². The molecule has 2 N–H and O–H groups in total. The van der Waals surface area contributed by atoms with Crippen molar-refractivity contribution in [2.45, 2.75) is 13.5 Å². The molecule has 0 aliphatic rings. The van der Waals surface area contributed by atoms with Gasteiger partial charge in [-0.25, -0.2) is 19.7 Å². The Bertz CT molecular complexity index is 1110. The third-order valence-corrected chi connectivity index (χ3v) is 4.06. The largest absolute Gasteiger partial charge is 0.456 e. The van der Waals surface area contributed by atoms with Gasteiger partial charge in [0.1, 0.15) is 18.1 Å². The van der Waals surface area contributed by atoms with Gasteiger partial charge in [0.15, 0.2) is 11.6 Å². The third-order valence-electron chi connectivity index (χ3n) is 4.06. The number of H-pyrrole nitrogens is 1. The molecule has 0 aliphatic carbocycles. The number of esters is 1. The third kappa shape index (κ3) is 4.62. The summed E-state index contributed by atoms with van der Waals surface area (Å²) in [6, 6.07) is 16.5. The first kappa shape index (κ1) is 18.3. The molecule has 0 bridgehead atoms. The predicted molar refractivity (Wildman–Crippen MR) is 107 cm³/mol. The average Bonchev–Trinajstić information content (AvgIpc) is 3.17. The Morgan fingerprint density at radius 2 is 1.93 bits per heavy atom. The van der Waals surface area contributed by atoms with Gasteiger partial charge in [0.2, 0.25) is 0 Å². The fourth-order valence-electron chi connectivity index (χ4n) is 2.62. The summed E-state index contributed by atoms with van der Waals surface area (Å²) in [5.74, 6) is 1.28. The highest BCUT2D eigenvalue weighted by Crippen LogP contribution is 2.18. The number of hydrogen-bond acceptors (Lipinski definition) is 7. The Hall–Kier alpha value is -4.07. The molecule has 0 saturated heterocycles. The minimum absolute atomic E-state index is 0.201. The van der Waals surface area contributed by atoms with Crippen molar-refractivity contribution < 1.29 is 9.53 Å². The lowest BCUT2D eigenvalue weighted by molar-refractivity contribution is 0.0466. The number of benzene rings is 1. The Morgan fingerprint density at radius 1 is 1.07 bits per heavy atom. The monoisotopic (exact) mass is 386 g/mol. The van der Waals surface area contributed by atoms with Gasteiger partial charge in [0.05, 0.1) is 0 Å². The summed E-state index contributed by atoms with van der Waals surface area (Å²) in [7, 11) is 0. The molecule has 0 aliphatic heterocycles. The standard InChI is InChI=1S/C21H18N6O2/c1-14-11-19(27-26-14)24-18-9-10-22-20(25-18)16-7-8-17(23-12-16)21(28)29-13-15-5-3-2-4-6-15/h2-12H,13H2,1H3,(H2,22,24,25,26,27). The molecule has 4 aromatic rings. The molecule has 4 rings (SSSR count). The van der Waals surface area contributed by atoms with Crippen LogP contribution in [0.5, 0.6) is 0 Å². The van der Waals surface area contributed by atoms with E-state index >= 15 is 0 Å². The molecule has 3 heterocycles. The number of carbonyl (C=O) groups excluding carboxylic acids is 1. The summed E-state index contributed by atoms with van der Waals surface area (Å²) in [5, 5.41) is 10.1. The number of aromatic amines is 1. The van der Waals surface area contributed by atoms with Crippen LogP contribution in [0.3, 0.4) is 0 Å². The van der Waals surface area contributed by atoms with Gasteiger partial charge in [0, 0.05) is 29.7 Å². The van der Waals surface area contributed by atoms with Crippen molar-refractivity contribution in [2.75, 3.05) is 5.32 Å². The van der Waals surface area contributed by atoms with Gasteiger partial charge in [-0.2, -0.15) is 5.10 Å². The van der Waals surface area contributed by atoms with Crippen LogP contribution in [0.25, 0.3) is 11.4 Å². The first-order valence-electron chi connectivity index (χ1n) is 8.97. The molecule has 0 fully saturated rings. The second-order valence-corrected chi connectivity index (χ2v) is 6.32. The summed E-state index contributed by atoms with van der Waals surface area (Å²) in [5.41, 5.74) is 2.78. The average molecular weight is 386 g/mol. The number of pyridine rings is 1. The van der Waals surface area contributed by atoms with E-state index in [0.29, 0.717) is 23.0 Å². The maximum atomic E-state index is 12.2. The van der Waals surface area contributed by atoms with Gasteiger partial charge in [-0.05, 0) is 30.7 Å². The summed E-state index contributed by atoms with van der Waals surface area (Å²) in [4.78, 5) is 25.1. The minimum atomic E-state index is -0.481. The number of hydrogen-bond donors (Lipinski definition) is 2. The van der Waals surface area contributed by atoms with Gasteiger partial charge < -0.3 is 10.1 Å². The maximum absolute atomic E-state index is 12.2. The van der Waals surface area contributed by atoms with Gasteiger partial charge in [-0.3, -0.25) is 5.10 Å². The van der Waals surface area contributed by atoms with Crippen molar-refractivity contribution in [3.05, 3.63) is 83.9 Å². The minimum Gasteiger partial charge on any atom is -0.456 e. The topological polar surface area (TPSA) is 106 Å². The molecule has 0 atom stereocenters. The van der Waals surface area contributed by atoms with Crippen LogP contribution < -0.4 is 5.32 Å². The van der Waals surface area contributed by atoms with Crippen molar-refractivity contribution in [1.29, 1.82) is 0 Å². The molecule has 29 heavy (non-hydrogen) atoms. The van der Waals surface area contributed by atoms with E-state index in [9.17, 15) is 4.79 Å². The lowest BCUT2D eigenvalue weighted by Crippen LogP contribution is -2.07. The van der Waals surface area contributed by atoms with Crippen molar-refractivity contribution >= 4 is 17.6 Å². The molecule has 0 amide bonds. The van der Waals surface area contributed by atoms with Gasteiger partial charge >= 0.3 is 5.97 Å².